The van der Waals surface area contributed by atoms with Gasteiger partial charge in [-0.15, -0.1) is 0 Å². The van der Waals surface area contributed by atoms with E-state index >= 15 is 0 Å². The van der Waals surface area contributed by atoms with Gasteiger partial charge in [-0.3, -0.25) is 0 Å². The van der Waals surface area contributed by atoms with Crippen LogP contribution in [0, 0.1) is 0 Å². The third-order valence-electron chi connectivity index (χ3n) is 1.90. The average Bonchev–Trinajstić information content (AvgIpc) is 1.52. The van der Waals surface area contributed by atoms with E-state index in [9.17, 15) is 4.80 Å². The maximum atomic E-state index is 10.1. The number of hydrogen-bond acceptors (Lipinski definition) is 2. The summed E-state index contributed by atoms with van der Waals surface area (Å²) in [6.07, 6.45) is 0. The molecule has 0 rings (SSSR count). The Bertz CT molecular complexity index is 153. The molecule has 0 aromatic heterocycles. The second-order valence-corrected chi connectivity index (χ2v) is 14.0. The molecule has 0 bridgehead atoms. The van der Waals surface area contributed by atoms with Crippen LogP contribution in [0.2, 0.25) is 31.2 Å². The highest BCUT2D eigenvalue weighted by molar-refractivity contribution is 6.82. The lowest BCUT2D eigenvalue weighted by molar-refractivity contribution is 0.333. The molecule has 0 amide bonds. The first-order valence-electron chi connectivity index (χ1n) is 4.38. The van der Waals surface area contributed by atoms with E-state index in [1.807, 2.05) is 27.3 Å². The summed E-state index contributed by atoms with van der Waals surface area (Å²) in [5.41, 5.74) is 0. The second-order valence-electron chi connectivity index (χ2n) is 5.45. The number of hydrogen-bond donors (Lipinski definition) is 1. The Hall–Kier alpha value is 0.354. The zero-order valence-electron chi connectivity index (χ0n) is 9.36. The van der Waals surface area contributed by atoms with Gasteiger partial charge in [0.2, 0.25) is 0 Å². The Kier molecular flexibility index (Phi) is 3.35. The molecular formula is C8H22O2Si2. The van der Waals surface area contributed by atoms with E-state index in [0.717, 1.165) is 0 Å². The summed E-state index contributed by atoms with van der Waals surface area (Å²) in [4.78, 5) is 10.1. The predicted octanol–water partition coefficient (Wildman–Crippen LogP) is 2.70. The molecule has 0 aromatic rings. The lowest BCUT2D eigenvalue weighted by atomic mass is 10.3. The van der Waals surface area contributed by atoms with Crippen LogP contribution >= 0.6 is 0 Å². The van der Waals surface area contributed by atoms with E-state index in [4.69, 9.17) is 4.12 Å². The monoisotopic (exact) mass is 206 g/mol. The largest absolute Gasteiger partial charge is 0.436 e. The standard InChI is InChI=1S/C8H22O2Si2/c1-8(2,3)12(7,9)10-11(4,5)6/h9H,1-7H3. The van der Waals surface area contributed by atoms with Gasteiger partial charge in [0, 0.05) is 5.04 Å². The van der Waals surface area contributed by atoms with Crippen molar-refractivity contribution < 1.29 is 8.91 Å². The minimum absolute atomic E-state index is 0.0900. The molecule has 4 heteroatoms. The van der Waals surface area contributed by atoms with Crippen LogP contribution in [-0.2, 0) is 4.12 Å². The second kappa shape index (κ2) is 3.25. The first-order valence-corrected chi connectivity index (χ1v) is 10.1. The van der Waals surface area contributed by atoms with Gasteiger partial charge < -0.3 is 8.91 Å². The van der Waals surface area contributed by atoms with Crippen molar-refractivity contribution in [2.45, 2.75) is 52.0 Å². The minimum Gasteiger partial charge on any atom is -0.436 e. The molecule has 0 aliphatic rings. The number of rotatable bonds is 2. The van der Waals surface area contributed by atoms with Crippen LogP contribution in [0.3, 0.4) is 0 Å². The molecule has 0 aliphatic heterocycles. The van der Waals surface area contributed by atoms with Crippen molar-refractivity contribution in [3.8, 4) is 0 Å². The minimum atomic E-state index is -2.48. The molecule has 0 aliphatic carbocycles. The molecule has 12 heavy (non-hydrogen) atoms. The normalized spacial score (nSPS) is 19.0. The lowest BCUT2D eigenvalue weighted by Gasteiger charge is -2.38. The van der Waals surface area contributed by atoms with E-state index in [2.05, 4.69) is 19.6 Å². The summed E-state index contributed by atoms with van der Waals surface area (Å²) in [6, 6.07) is 0. The van der Waals surface area contributed by atoms with Crippen LogP contribution < -0.4 is 0 Å². The van der Waals surface area contributed by atoms with Crippen LogP contribution in [0.15, 0.2) is 0 Å². The first kappa shape index (κ1) is 12.4. The molecule has 1 atom stereocenters. The maximum Gasteiger partial charge on any atom is 0.327 e. The third-order valence-corrected chi connectivity index (χ3v) is 8.72. The van der Waals surface area contributed by atoms with Crippen molar-refractivity contribution >= 4 is 16.9 Å². The smallest absolute Gasteiger partial charge is 0.327 e. The van der Waals surface area contributed by atoms with Crippen LogP contribution in [0.1, 0.15) is 20.8 Å². The average molecular weight is 206 g/mol. The molecule has 0 saturated heterocycles. The highest BCUT2D eigenvalue weighted by atomic mass is 28.4. The van der Waals surface area contributed by atoms with Gasteiger partial charge >= 0.3 is 8.56 Å². The van der Waals surface area contributed by atoms with Crippen molar-refractivity contribution in [3.63, 3.8) is 0 Å². The van der Waals surface area contributed by atoms with Crippen molar-refractivity contribution in [3.05, 3.63) is 0 Å². The fraction of sp³-hybridized carbons (Fsp3) is 1.00. The highest BCUT2D eigenvalue weighted by Gasteiger charge is 2.44. The Morgan fingerprint density at radius 3 is 1.42 bits per heavy atom. The van der Waals surface area contributed by atoms with E-state index < -0.39 is 16.9 Å². The molecule has 0 aromatic carbocycles. The Morgan fingerprint density at radius 1 is 1.00 bits per heavy atom. The fourth-order valence-electron chi connectivity index (χ4n) is 0.749. The molecule has 2 nitrogen and oxygen atoms in total. The van der Waals surface area contributed by atoms with Crippen LogP contribution in [0.5, 0.6) is 0 Å². The lowest BCUT2D eigenvalue weighted by Crippen LogP contribution is -2.51. The van der Waals surface area contributed by atoms with Gasteiger partial charge in [-0.05, 0) is 26.2 Å². The summed E-state index contributed by atoms with van der Waals surface area (Å²) >= 11 is 0. The Balaban J connectivity index is 4.44. The van der Waals surface area contributed by atoms with Crippen molar-refractivity contribution in [2.75, 3.05) is 0 Å². The summed E-state index contributed by atoms with van der Waals surface area (Å²) in [7, 11) is -4.07. The van der Waals surface area contributed by atoms with Crippen molar-refractivity contribution in [1.82, 2.24) is 0 Å². The van der Waals surface area contributed by atoms with E-state index in [1.54, 1.807) is 0 Å². The zero-order chi connectivity index (χ0) is 10.2. The Labute approximate surface area is 78.3 Å². The zero-order valence-corrected chi connectivity index (χ0v) is 11.4. The predicted molar refractivity (Wildman–Crippen MR) is 58.0 cm³/mol. The van der Waals surface area contributed by atoms with E-state index in [0.29, 0.717) is 0 Å². The van der Waals surface area contributed by atoms with Crippen molar-refractivity contribution in [1.29, 1.82) is 0 Å². The molecule has 1 N–H and O–H groups in total. The topological polar surface area (TPSA) is 29.5 Å². The molecule has 0 heterocycles. The molecule has 0 saturated carbocycles. The first-order chi connectivity index (χ1) is 4.96. The van der Waals surface area contributed by atoms with Gasteiger partial charge in [-0.1, -0.05) is 20.8 Å². The van der Waals surface area contributed by atoms with Gasteiger partial charge in [0.1, 0.15) is 0 Å². The quantitative estimate of drug-likeness (QED) is 0.704. The van der Waals surface area contributed by atoms with E-state index in [1.165, 1.54) is 0 Å². The fourth-order valence-corrected chi connectivity index (χ4v) is 6.74. The molecule has 0 radical (unpaired) electrons. The third kappa shape index (κ3) is 3.84. The summed E-state index contributed by atoms with van der Waals surface area (Å²) < 4.78 is 5.82. The van der Waals surface area contributed by atoms with Gasteiger partial charge in [-0.2, -0.15) is 0 Å². The summed E-state index contributed by atoms with van der Waals surface area (Å²) in [5.74, 6) is 0. The molecule has 1 unspecified atom stereocenters. The summed E-state index contributed by atoms with van der Waals surface area (Å²) in [5, 5.41) is -0.0900. The van der Waals surface area contributed by atoms with Gasteiger partial charge in [-0.25, -0.2) is 0 Å². The van der Waals surface area contributed by atoms with Gasteiger partial charge in [0.25, 0.3) is 0 Å². The maximum absolute atomic E-state index is 10.1. The SMILES string of the molecule is CC(C)(C)[Si](C)(O)O[Si](C)(C)C. The van der Waals surface area contributed by atoms with Crippen molar-refractivity contribution in [2.24, 2.45) is 0 Å². The summed E-state index contributed by atoms with van der Waals surface area (Å²) in [6.45, 7) is 14.3. The van der Waals surface area contributed by atoms with E-state index in [-0.39, 0.29) is 5.04 Å². The van der Waals surface area contributed by atoms with Gasteiger partial charge in [0.05, 0.1) is 0 Å². The highest BCUT2D eigenvalue weighted by Crippen LogP contribution is 2.36. The molecule has 0 fully saturated rings. The molecular weight excluding hydrogens is 184 g/mol. The van der Waals surface area contributed by atoms with Crippen LogP contribution in [-0.4, -0.2) is 21.7 Å². The Morgan fingerprint density at radius 2 is 1.33 bits per heavy atom. The van der Waals surface area contributed by atoms with Crippen LogP contribution in [0.25, 0.3) is 0 Å². The van der Waals surface area contributed by atoms with Crippen LogP contribution in [0.4, 0.5) is 0 Å². The van der Waals surface area contributed by atoms with Gasteiger partial charge in [0.15, 0.2) is 8.32 Å². The molecule has 74 valence electrons. The molecule has 0 spiro atoms.